The Balaban J connectivity index is 2.72. The second kappa shape index (κ2) is 3.47. The van der Waals surface area contributed by atoms with Crippen LogP contribution in [0.5, 0.6) is 0 Å². The number of hydrogen-bond donors (Lipinski definition) is 1. The zero-order valence-electron chi connectivity index (χ0n) is 6.99. The molecular weight excluding hydrogens is 268 g/mol. The second-order valence-corrected chi connectivity index (χ2v) is 5.12. The van der Waals surface area contributed by atoms with Crippen LogP contribution in [-0.2, 0) is 3.79 Å². The van der Waals surface area contributed by atoms with Crippen molar-refractivity contribution < 1.29 is 8.78 Å². The van der Waals surface area contributed by atoms with E-state index < -0.39 is 15.4 Å². The summed E-state index contributed by atoms with van der Waals surface area (Å²) in [5.41, 5.74) is 0.0894. The van der Waals surface area contributed by atoms with Crippen molar-refractivity contribution in [1.29, 1.82) is 0 Å². The number of rotatable bonds is 0. The standard InChI is InChI=1S/C8H3Cl3F2N2/c9-8(10,11)7-14-4-2-1-3(12)5(13)6(4)15-7/h1-2H,(H,14,15). The van der Waals surface area contributed by atoms with Gasteiger partial charge >= 0.3 is 0 Å². The van der Waals surface area contributed by atoms with Gasteiger partial charge in [0.05, 0.1) is 5.52 Å². The van der Waals surface area contributed by atoms with Gasteiger partial charge in [-0.1, -0.05) is 34.8 Å². The van der Waals surface area contributed by atoms with Crippen LogP contribution in [0.15, 0.2) is 12.1 Å². The van der Waals surface area contributed by atoms with Gasteiger partial charge in [-0.2, -0.15) is 0 Å². The van der Waals surface area contributed by atoms with Gasteiger partial charge in [-0.15, -0.1) is 0 Å². The smallest absolute Gasteiger partial charge is 0.248 e. The molecule has 0 bridgehead atoms. The van der Waals surface area contributed by atoms with Crippen molar-refractivity contribution in [2.24, 2.45) is 0 Å². The van der Waals surface area contributed by atoms with Gasteiger partial charge < -0.3 is 4.98 Å². The van der Waals surface area contributed by atoms with Crippen LogP contribution < -0.4 is 0 Å². The molecule has 0 atom stereocenters. The summed E-state index contributed by atoms with van der Waals surface area (Å²) in [6, 6.07) is 2.25. The summed E-state index contributed by atoms with van der Waals surface area (Å²) in [5, 5.41) is 0. The summed E-state index contributed by atoms with van der Waals surface area (Å²) in [6.45, 7) is 0. The Bertz CT molecular complexity index is 518. The van der Waals surface area contributed by atoms with Gasteiger partial charge in [0.25, 0.3) is 0 Å². The number of hydrogen-bond acceptors (Lipinski definition) is 1. The summed E-state index contributed by atoms with van der Waals surface area (Å²) in [6.07, 6.45) is 0. The van der Waals surface area contributed by atoms with Gasteiger partial charge in [0, 0.05) is 0 Å². The normalized spacial score (nSPS) is 12.3. The molecule has 2 aromatic rings. The zero-order valence-corrected chi connectivity index (χ0v) is 9.26. The van der Waals surface area contributed by atoms with Gasteiger partial charge in [0.1, 0.15) is 5.52 Å². The highest BCUT2D eigenvalue weighted by Gasteiger charge is 2.27. The highest BCUT2D eigenvalue weighted by molar-refractivity contribution is 6.66. The molecule has 0 aliphatic carbocycles. The van der Waals surface area contributed by atoms with Crippen molar-refractivity contribution in [3.05, 3.63) is 29.6 Å². The summed E-state index contributed by atoms with van der Waals surface area (Å²) >= 11 is 16.6. The topological polar surface area (TPSA) is 28.7 Å². The molecule has 0 aliphatic heterocycles. The van der Waals surface area contributed by atoms with Crippen molar-refractivity contribution in [3.8, 4) is 0 Å². The second-order valence-electron chi connectivity index (χ2n) is 2.84. The molecule has 0 spiro atoms. The molecular formula is C8H3Cl3F2N2. The van der Waals surface area contributed by atoms with Crippen LogP contribution in [0.4, 0.5) is 8.78 Å². The van der Waals surface area contributed by atoms with Crippen LogP contribution in [0.25, 0.3) is 11.0 Å². The fourth-order valence-corrected chi connectivity index (χ4v) is 1.42. The number of halogens is 5. The molecule has 2 nitrogen and oxygen atoms in total. The largest absolute Gasteiger partial charge is 0.336 e. The molecule has 0 unspecified atom stereocenters. The first-order valence-electron chi connectivity index (χ1n) is 3.80. The third kappa shape index (κ3) is 1.89. The summed E-state index contributed by atoms with van der Waals surface area (Å²) in [5.74, 6) is -2.07. The minimum atomic E-state index is -1.79. The van der Waals surface area contributed by atoms with Gasteiger partial charge in [0.15, 0.2) is 17.5 Å². The number of nitrogens with zero attached hydrogens (tertiary/aromatic N) is 1. The van der Waals surface area contributed by atoms with E-state index in [9.17, 15) is 8.78 Å². The van der Waals surface area contributed by atoms with E-state index in [2.05, 4.69) is 9.97 Å². The Labute approximate surface area is 98.1 Å². The highest BCUT2D eigenvalue weighted by atomic mass is 35.6. The Morgan fingerprint density at radius 3 is 2.47 bits per heavy atom. The number of fused-ring (bicyclic) bond motifs is 1. The highest BCUT2D eigenvalue weighted by Crippen LogP contribution is 2.37. The minimum Gasteiger partial charge on any atom is -0.336 e. The summed E-state index contributed by atoms with van der Waals surface area (Å²) < 4.78 is 24.3. The van der Waals surface area contributed by atoms with Crippen LogP contribution in [0.2, 0.25) is 0 Å². The molecule has 1 aromatic heterocycles. The molecule has 0 aliphatic rings. The van der Waals surface area contributed by atoms with Crippen molar-refractivity contribution in [3.63, 3.8) is 0 Å². The maximum Gasteiger partial charge on any atom is 0.248 e. The Morgan fingerprint density at radius 1 is 1.20 bits per heavy atom. The maximum absolute atomic E-state index is 13.2. The Hall–Kier alpha value is -0.580. The van der Waals surface area contributed by atoms with Gasteiger partial charge in [0.2, 0.25) is 3.79 Å². The summed E-state index contributed by atoms with van der Waals surface area (Å²) in [4.78, 5) is 6.25. The first kappa shape index (κ1) is 10.9. The van der Waals surface area contributed by atoms with Crippen LogP contribution in [-0.4, -0.2) is 9.97 Å². The predicted molar refractivity (Wildman–Crippen MR) is 55.2 cm³/mol. The van der Waals surface area contributed by atoms with Crippen molar-refractivity contribution >= 4 is 45.8 Å². The minimum absolute atomic E-state index is 0.0491. The predicted octanol–water partition coefficient (Wildman–Crippen LogP) is 3.67. The molecule has 0 saturated heterocycles. The van der Waals surface area contributed by atoms with E-state index in [0.29, 0.717) is 0 Å². The Kier molecular flexibility index (Phi) is 2.53. The molecule has 7 heteroatoms. The van der Waals surface area contributed by atoms with Crippen LogP contribution in [0.3, 0.4) is 0 Å². The first-order valence-corrected chi connectivity index (χ1v) is 4.94. The molecule has 2 rings (SSSR count). The van der Waals surface area contributed by atoms with Gasteiger partial charge in [-0.25, -0.2) is 13.8 Å². The van der Waals surface area contributed by atoms with E-state index in [1.165, 1.54) is 6.07 Å². The number of benzene rings is 1. The third-order valence-corrected chi connectivity index (χ3v) is 2.35. The first-order chi connectivity index (χ1) is 6.89. The number of nitrogens with one attached hydrogen (secondary N) is 1. The molecule has 1 heterocycles. The zero-order chi connectivity index (χ0) is 11.2. The van der Waals surface area contributed by atoms with E-state index in [0.717, 1.165) is 6.07 Å². The molecule has 0 radical (unpaired) electrons. The number of alkyl halides is 3. The third-order valence-electron chi connectivity index (χ3n) is 1.82. The molecule has 1 aromatic carbocycles. The van der Waals surface area contributed by atoms with E-state index in [1.54, 1.807) is 0 Å². The molecule has 80 valence electrons. The fourth-order valence-electron chi connectivity index (χ4n) is 1.15. The van der Waals surface area contributed by atoms with Crippen molar-refractivity contribution in [2.75, 3.05) is 0 Å². The lowest BCUT2D eigenvalue weighted by Gasteiger charge is -2.04. The number of aromatic nitrogens is 2. The lowest BCUT2D eigenvalue weighted by Crippen LogP contribution is -2.02. The van der Waals surface area contributed by atoms with E-state index >= 15 is 0 Å². The molecule has 15 heavy (non-hydrogen) atoms. The molecule has 1 N–H and O–H groups in total. The van der Waals surface area contributed by atoms with Crippen molar-refractivity contribution in [2.45, 2.75) is 3.79 Å². The fraction of sp³-hybridized carbons (Fsp3) is 0.125. The maximum atomic E-state index is 13.2. The monoisotopic (exact) mass is 270 g/mol. The number of imidazole rings is 1. The molecule has 0 saturated carbocycles. The molecule has 0 amide bonds. The van der Waals surface area contributed by atoms with Crippen LogP contribution >= 0.6 is 34.8 Å². The van der Waals surface area contributed by atoms with E-state index in [1.807, 2.05) is 0 Å². The number of H-pyrrole nitrogens is 1. The lowest BCUT2D eigenvalue weighted by atomic mass is 10.3. The quantitative estimate of drug-likeness (QED) is 0.728. The lowest BCUT2D eigenvalue weighted by molar-refractivity contribution is 0.515. The SMILES string of the molecule is Fc1ccc2nc(C(Cl)(Cl)Cl)[nH]c2c1F. The average molecular weight is 271 g/mol. The van der Waals surface area contributed by atoms with E-state index in [4.69, 9.17) is 34.8 Å². The van der Waals surface area contributed by atoms with Crippen LogP contribution in [0, 0.1) is 11.6 Å². The Morgan fingerprint density at radius 2 is 1.87 bits per heavy atom. The molecule has 0 fully saturated rings. The van der Waals surface area contributed by atoms with Gasteiger partial charge in [-0.05, 0) is 12.1 Å². The van der Waals surface area contributed by atoms with E-state index in [-0.39, 0.29) is 16.9 Å². The summed E-state index contributed by atoms with van der Waals surface area (Å²) in [7, 11) is 0. The van der Waals surface area contributed by atoms with Crippen LogP contribution in [0.1, 0.15) is 5.82 Å². The average Bonchev–Trinajstić information content (AvgIpc) is 2.55. The van der Waals surface area contributed by atoms with Crippen molar-refractivity contribution in [1.82, 2.24) is 9.97 Å². The van der Waals surface area contributed by atoms with Gasteiger partial charge in [-0.3, -0.25) is 0 Å². The number of aromatic amines is 1.